The molecule has 4 rings (SSSR count). The number of thiophene rings is 1. The molecule has 3 fully saturated rings. The molecule has 0 radical (unpaired) electrons. The number of nitrogens with one attached hydrogen (secondary N) is 3. The Balaban J connectivity index is 1.48. The molecule has 1 aromatic heterocycles. The van der Waals surface area contributed by atoms with Gasteiger partial charge in [-0.15, -0.1) is 11.3 Å². The van der Waals surface area contributed by atoms with Crippen molar-refractivity contribution in [3.8, 4) is 0 Å². The second-order valence-corrected chi connectivity index (χ2v) is 11.1. The predicted octanol–water partition coefficient (Wildman–Crippen LogP) is 2.24. The number of piperidine rings is 1. The maximum atomic E-state index is 14.0. The summed E-state index contributed by atoms with van der Waals surface area (Å²) in [4.78, 5) is 42.8. The zero-order valence-electron chi connectivity index (χ0n) is 20.4. The Labute approximate surface area is 211 Å². The van der Waals surface area contributed by atoms with Crippen molar-refractivity contribution in [1.82, 2.24) is 25.8 Å². The van der Waals surface area contributed by atoms with Crippen LogP contribution in [0.15, 0.2) is 17.5 Å². The molecule has 3 aliphatic rings. The van der Waals surface area contributed by atoms with Crippen molar-refractivity contribution in [3.05, 3.63) is 22.4 Å². The van der Waals surface area contributed by atoms with Gasteiger partial charge in [0.15, 0.2) is 0 Å². The summed E-state index contributed by atoms with van der Waals surface area (Å²) >= 11 is 1.55. The van der Waals surface area contributed by atoms with Gasteiger partial charge < -0.3 is 30.9 Å². The van der Waals surface area contributed by atoms with Crippen molar-refractivity contribution in [2.75, 3.05) is 32.7 Å². The number of rotatable bonds is 8. The highest BCUT2D eigenvalue weighted by Crippen LogP contribution is 2.24. The fourth-order valence-corrected chi connectivity index (χ4v) is 6.24. The maximum Gasteiger partial charge on any atom is 0.407 e. The van der Waals surface area contributed by atoms with Crippen LogP contribution in [0, 0.1) is 5.92 Å². The number of hydrogen-bond acceptors (Lipinski definition) is 6. The van der Waals surface area contributed by atoms with Crippen molar-refractivity contribution >= 4 is 29.2 Å². The molecular weight excluding hydrogens is 466 g/mol. The Bertz CT molecular complexity index is 819. The molecule has 2 saturated heterocycles. The zero-order valence-corrected chi connectivity index (χ0v) is 21.2. The van der Waals surface area contributed by atoms with Crippen LogP contribution in [0.5, 0.6) is 0 Å². The SMILES string of the molecule is O=C(NCc1cccs1)[C@@H]1CN(C(=O)O)CCN1C(=O)[C@H](CC1CCNCC1)NC1CCCCC1. The highest BCUT2D eigenvalue weighted by molar-refractivity contribution is 7.09. The van der Waals surface area contributed by atoms with E-state index in [9.17, 15) is 19.5 Å². The van der Waals surface area contributed by atoms with Crippen LogP contribution in [-0.2, 0) is 16.1 Å². The van der Waals surface area contributed by atoms with E-state index in [-0.39, 0.29) is 37.5 Å². The smallest absolute Gasteiger partial charge is 0.407 e. The summed E-state index contributed by atoms with van der Waals surface area (Å²) in [6.07, 6.45) is 7.56. The first-order valence-corrected chi connectivity index (χ1v) is 13.9. The lowest BCUT2D eigenvalue weighted by Crippen LogP contribution is -2.64. The monoisotopic (exact) mass is 505 g/mol. The molecule has 3 amide bonds. The second-order valence-electron chi connectivity index (χ2n) is 10.1. The number of nitrogens with zero attached hydrogens (tertiary/aromatic N) is 2. The minimum atomic E-state index is -1.06. The van der Waals surface area contributed by atoms with Gasteiger partial charge in [0, 0.05) is 24.0 Å². The summed E-state index contributed by atoms with van der Waals surface area (Å²) in [5, 5.41) is 21.5. The third kappa shape index (κ3) is 7.17. The van der Waals surface area contributed by atoms with Crippen LogP contribution in [0.4, 0.5) is 4.79 Å². The first kappa shape index (κ1) is 25.9. The number of carboxylic acid groups (broad SMARTS) is 1. The van der Waals surface area contributed by atoms with Gasteiger partial charge in [-0.3, -0.25) is 9.59 Å². The van der Waals surface area contributed by atoms with Gasteiger partial charge in [-0.05, 0) is 62.6 Å². The number of piperazine rings is 1. The van der Waals surface area contributed by atoms with E-state index in [1.807, 2.05) is 17.5 Å². The van der Waals surface area contributed by atoms with E-state index < -0.39 is 12.1 Å². The molecule has 0 unspecified atom stereocenters. The lowest BCUT2D eigenvalue weighted by Gasteiger charge is -2.42. The first-order chi connectivity index (χ1) is 17.0. The van der Waals surface area contributed by atoms with Crippen molar-refractivity contribution < 1.29 is 19.5 Å². The van der Waals surface area contributed by atoms with Crippen molar-refractivity contribution in [3.63, 3.8) is 0 Å². The van der Waals surface area contributed by atoms with Gasteiger partial charge in [-0.1, -0.05) is 25.3 Å². The van der Waals surface area contributed by atoms with E-state index in [1.54, 1.807) is 16.2 Å². The Hall–Kier alpha value is -2.17. The van der Waals surface area contributed by atoms with Gasteiger partial charge in [-0.2, -0.15) is 0 Å². The molecule has 35 heavy (non-hydrogen) atoms. The van der Waals surface area contributed by atoms with Crippen LogP contribution in [0.1, 0.15) is 56.2 Å². The van der Waals surface area contributed by atoms with E-state index in [0.717, 1.165) is 50.1 Å². The average molecular weight is 506 g/mol. The fourth-order valence-electron chi connectivity index (χ4n) is 5.59. The van der Waals surface area contributed by atoms with Gasteiger partial charge >= 0.3 is 6.09 Å². The molecule has 1 saturated carbocycles. The van der Waals surface area contributed by atoms with E-state index in [4.69, 9.17) is 0 Å². The molecule has 0 aromatic carbocycles. The van der Waals surface area contributed by atoms with E-state index >= 15 is 0 Å². The summed E-state index contributed by atoms with van der Waals surface area (Å²) in [6, 6.07) is 3.03. The first-order valence-electron chi connectivity index (χ1n) is 13.1. The molecule has 1 aliphatic carbocycles. The Morgan fingerprint density at radius 1 is 1.11 bits per heavy atom. The molecule has 2 atom stereocenters. The van der Waals surface area contributed by atoms with Crippen molar-refractivity contribution in [1.29, 1.82) is 0 Å². The summed E-state index contributed by atoms with van der Waals surface area (Å²) in [7, 11) is 0. The van der Waals surface area contributed by atoms with E-state index in [0.29, 0.717) is 18.5 Å². The largest absolute Gasteiger partial charge is 0.465 e. The Kier molecular flexibility index (Phi) is 9.39. The molecular formula is C25H39N5O4S. The highest BCUT2D eigenvalue weighted by Gasteiger charge is 2.40. The molecule has 4 N–H and O–H groups in total. The van der Waals surface area contributed by atoms with Crippen LogP contribution in [0.25, 0.3) is 0 Å². The number of carbonyl (C=O) groups excluding carboxylic acids is 2. The van der Waals surface area contributed by atoms with Crippen molar-refractivity contribution in [2.24, 2.45) is 5.92 Å². The summed E-state index contributed by atoms with van der Waals surface area (Å²) in [6.45, 7) is 2.78. The average Bonchev–Trinajstić information content (AvgIpc) is 3.41. The molecule has 9 nitrogen and oxygen atoms in total. The zero-order chi connectivity index (χ0) is 24.6. The normalized spacial score (nSPS) is 23.1. The molecule has 194 valence electrons. The Morgan fingerprint density at radius 2 is 1.89 bits per heavy atom. The number of amides is 3. The molecule has 3 heterocycles. The molecule has 0 bridgehead atoms. The van der Waals surface area contributed by atoms with Crippen LogP contribution < -0.4 is 16.0 Å². The fraction of sp³-hybridized carbons (Fsp3) is 0.720. The van der Waals surface area contributed by atoms with Crippen LogP contribution in [-0.4, -0.2) is 83.7 Å². The van der Waals surface area contributed by atoms with Gasteiger partial charge in [0.2, 0.25) is 11.8 Å². The van der Waals surface area contributed by atoms with Crippen molar-refractivity contribution in [2.45, 2.75) is 76.0 Å². The van der Waals surface area contributed by atoms with Gasteiger partial charge in [0.25, 0.3) is 0 Å². The topological polar surface area (TPSA) is 114 Å². The molecule has 10 heteroatoms. The summed E-state index contributed by atoms with van der Waals surface area (Å²) in [5.74, 6) is 0.110. The third-order valence-corrected chi connectivity index (χ3v) is 8.50. The van der Waals surface area contributed by atoms with Gasteiger partial charge in [0.1, 0.15) is 6.04 Å². The van der Waals surface area contributed by atoms with Gasteiger partial charge in [-0.25, -0.2) is 4.79 Å². The lowest BCUT2D eigenvalue weighted by molar-refractivity contribution is -0.145. The maximum absolute atomic E-state index is 14.0. The van der Waals surface area contributed by atoms with Gasteiger partial charge in [0.05, 0.1) is 19.1 Å². The lowest BCUT2D eigenvalue weighted by atomic mass is 9.88. The number of carbonyl (C=O) groups is 3. The third-order valence-electron chi connectivity index (χ3n) is 7.62. The standard InChI is InChI=1S/C25H39N5O4S/c31-23(27-16-20-7-4-14-35-20)22-17-29(25(33)34)12-13-30(22)24(32)21(15-18-8-10-26-11-9-18)28-19-5-2-1-3-6-19/h4,7,14,18-19,21-22,26,28H,1-3,5-6,8-13,15-17H2,(H,27,31)(H,33,34)/t21-,22-/m0/s1. The molecule has 1 aromatic rings. The quantitative estimate of drug-likeness (QED) is 0.431. The summed E-state index contributed by atoms with van der Waals surface area (Å²) < 4.78 is 0. The summed E-state index contributed by atoms with van der Waals surface area (Å²) in [5.41, 5.74) is 0. The Morgan fingerprint density at radius 3 is 2.57 bits per heavy atom. The number of hydrogen-bond donors (Lipinski definition) is 4. The van der Waals surface area contributed by atoms with E-state index in [2.05, 4.69) is 16.0 Å². The van der Waals surface area contributed by atoms with Crippen LogP contribution >= 0.6 is 11.3 Å². The molecule has 2 aliphatic heterocycles. The van der Waals surface area contributed by atoms with Crippen LogP contribution in [0.2, 0.25) is 0 Å². The predicted molar refractivity (Wildman–Crippen MR) is 135 cm³/mol. The van der Waals surface area contributed by atoms with Crippen LogP contribution in [0.3, 0.4) is 0 Å². The minimum absolute atomic E-state index is 0.000838. The molecule has 0 spiro atoms. The van der Waals surface area contributed by atoms with E-state index in [1.165, 1.54) is 24.2 Å². The highest BCUT2D eigenvalue weighted by atomic mass is 32.1. The minimum Gasteiger partial charge on any atom is -0.465 e. The second kappa shape index (κ2) is 12.7.